The lowest BCUT2D eigenvalue weighted by Gasteiger charge is -2.23. The number of furan rings is 1. The fourth-order valence-electron chi connectivity index (χ4n) is 3.19. The molecule has 1 aromatic rings. The highest BCUT2D eigenvalue weighted by molar-refractivity contribution is 7.89. The third-order valence-electron chi connectivity index (χ3n) is 4.45. The zero-order valence-electron chi connectivity index (χ0n) is 13.4. The lowest BCUT2D eigenvalue weighted by molar-refractivity contribution is 0.336. The van der Waals surface area contributed by atoms with Crippen molar-refractivity contribution in [2.45, 2.75) is 57.9 Å². The molecule has 0 atom stereocenters. The van der Waals surface area contributed by atoms with Crippen LogP contribution in [0.2, 0.25) is 0 Å². The smallest absolute Gasteiger partial charge is 0.244 e. The van der Waals surface area contributed by atoms with Crippen LogP contribution in [0.1, 0.15) is 49.7 Å². The van der Waals surface area contributed by atoms with Crippen molar-refractivity contribution in [3.63, 3.8) is 0 Å². The fourth-order valence-corrected chi connectivity index (χ4v) is 4.83. The highest BCUT2D eigenvalue weighted by Crippen LogP contribution is 2.37. The molecule has 0 aromatic carbocycles. The highest BCUT2D eigenvalue weighted by Gasteiger charge is 2.32. The van der Waals surface area contributed by atoms with Gasteiger partial charge in [-0.05, 0) is 39.2 Å². The molecule has 0 bridgehead atoms. The van der Waals surface area contributed by atoms with Crippen LogP contribution in [0.5, 0.6) is 0 Å². The number of aryl methyl sites for hydroxylation is 2. The zero-order valence-corrected chi connectivity index (χ0v) is 14.2. The summed E-state index contributed by atoms with van der Waals surface area (Å²) in [6, 6.07) is 0. The van der Waals surface area contributed by atoms with Crippen molar-refractivity contribution < 1.29 is 12.8 Å². The Bertz CT molecular complexity index is 599. The summed E-state index contributed by atoms with van der Waals surface area (Å²) in [6.07, 6.45) is 4.55. The second-order valence-electron chi connectivity index (χ2n) is 6.39. The Balaban J connectivity index is 2.23. The van der Waals surface area contributed by atoms with E-state index in [1.807, 2.05) is 0 Å². The summed E-state index contributed by atoms with van der Waals surface area (Å²) >= 11 is 0. The number of hydrogen-bond acceptors (Lipinski definition) is 4. The van der Waals surface area contributed by atoms with Crippen LogP contribution in [0, 0.1) is 19.3 Å². The van der Waals surface area contributed by atoms with Crippen molar-refractivity contribution in [3.05, 3.63) is 17.1 Å². The number of rotatable bonds is 6. The molecule has 0 radical (unpaired) electrons. The topological polar surface area (TPSA) is 71.3 Å². The quantitative estimate of drug-likeness (QED) is 0.846. The van der Waals surface area contributed by atoms with Crippen LogP contribution < -0.4 is 10.0 Å². The van der Waals surface area contributed by atoms with Gasteiger partial charge in [-0.25, -0.2) is 13.1 Å². The summed E-state index contributed by atoms with van der Waals surface area (Å²) in [5.74, 6) is 1.12. The van der Waals surface area contributed by atoms with Crippen molar-refractivity contribution in [2.75, 3.05) is 13.6 Å². The summed E-state index contributed by atoms with van der Waals surface area (Å²) in [5, 5.41) is 3.00. The number of nitrogens with one attached hydrogen (secondary N) is 2. The first-order valence-electron chi connectivity index (χ1n) is 7.52. The lowest BCUT2D eigenvalue weighted by atomic mass is 9.89. The Morgan fingerprint density at radius 2 is 1.81 bits per heavy atom. The van der Waals surface area contributed by atoms with Crippen LogP contribution in [0.3, 0.4) is 0 Å². The minimum Gasteiger partial charge on any atom is -0.465 e. The number of sulfonamides is 1. The van der Waals surface area contributed by atoms with Gasteiger partial charge in [-0.3, -0.25) is 0 Å². The maximum absolute atomic E-state index is 12.7. The van der Waals surface area contributed by atoms with Gasteiger partial charge in [0.2, 0.25) is 10.0 Å². The van der Waals surface area contributed by atoms with Crippen LogP contribution in [-0.4, -0.2) is 22.0 Å². The molecule has 21 heavy (non-hydrogen) atoms. The van der Waals surface area contributed by atoms with Crippen molar-refractivity contribution in [1.82, 2.24) is 10.0 Å². The summed E-state index contributed by atoms with van der Waals surface area (Å²) in [5.41, 5.74) is 0.808. The van der Waals surface area contributed by atoms with Crippen molar-refractivity contribution in [2.24, 2.45) is 5.41 Å². The molecule has 0 amide bonds. The predicted molar refractivity (Wildman–Crippen MR) is 82.7 cm³/mol. The molecule has 120 valence electrons. The maximum atomic E-state index is 12.7. The molecule has 1 heterocycles. The molecule has 1 aromatic heterocycles. The van der Waals surface area contributed by atoms with E-state index in [9.17, 15) is 8.42 Å². The molecule has 0 aliphatic heterocycles. The summed E-state index contributed by atoms with van der Waals surface area (Å²) in [7, 11) is -1.74. The maximum Gasteiger partial charge on any atom is 0.244 e. The second-order valence-corrected chi connectivity index (χ2v) is 8.10. The molecule has 1 fully saturated rings. The average Bonchev–Trinajstić information content (AvgIpc) is 2.94. The third kappa shape index (κ3) is 3.49. The van der Waals surface area contributed by atoms with Crippen LogP contribution in [0.4, 0.5) is 0 Å². The van der Waals surface area contributed by atoms with Gasteiger partial charge in [0, 0.05) is 18.7 Å². The van der Waals surface area contributed by atoms with E-state index >= 15 is 0 Å². The minimum atomic E-state index is -3.53. The van der Waals surface area contributed by atoms with Gasteiger partial charge in [0.05, 0.1) is 0 Å². The Kier molecular flexibility index (Phi) is 4.80. The van der Waals surface area contributed by atoms with E-state index < -0.39 is 10.0 Å². The third-order valence-corrected chi connectivity index (χ3v) is 6.04. The largest absolute Gasteiger partial charge is 0.465 e. The van der Waals surface area contributed by atoms with Gasteiger partial charge < -0.3 is 9.73 Å². The van der Waals surface area contributed by atoms with E-state index in [-0.39, 0.29) is 5.41 Å². The monoisotopic (exact) mass is 314 g/mol. The first-order chi connectivity index (χ1) is 9.79. The molecule has 0 unspecified atom stereocenters. The van der Waals surface area contributed by atoms with Crippen LogP contribution in [-0.2, 0) is 16.6 Å². The van der Waals surface area contributed by atoms with Gasteiger partial charge in [-0.1, -0.05) is 19.8 Å². The molecule has 0 saturated heterocycles. The van der Waals surface area contributed by atoms with E-state index in [1.165, 1.54) is 12.8 Å². The van der Waals surface area contributed by atoms with Gasteiger partial charge >= 0.3 is 0 Å². The molecule has 1 saturated carbocycles. The standard InChI is InChI=1S/C15H26N2O3S/c1-11-13(9-16-4)14(12(2)20-11)21(18,19)17-10-15(3)7-5-6-8-15/h16-17H,5-10H2,1-4H3. The van der Waals surface area contributed by atoms with E-state index in [2.05, 4.69) is 17.0 Å². The molecule has 6 heteroatoms. The molecular formula is C15H26N2O3S. The Hall–Kier alpha value is -0.850. The van der Waals surface area contributed by atoms with Crippen LogP contribution in [0.15, 0.2) is 9.31 Å². The summed E-state index contributed by atoms with van der Waals surface area (Å²) < 4.78 is 33.6. The number of hydrogen-bond donors (Lipinski definition) is 2. The normalized spacial score (nSPS) is 18.3. The summed E-state index contributed by atoms with van der Waals surface area (Å²) in [4.78, 5) is 0.302. The summed E-state index contributed by atoms with van der Waals surface area (Å²) in [6.45, 7) is 6.65. The molecule has 5 nitrogen and oxygen atoms in total. The van der Waals surface area contributed by atoms with Crippen LogP contribution >= 0.6 is 0 Å². The van der Waals surface area contributed by atoms with Crippen LogP contribution in [0.25, 0.3) is 0 Å². The van der Waals surface area contributed by atoms with Gasteiger partial charge in [-0.15, -0.1) is 0 Å². The van der Waals surface area contributed by atoms with E-state index in [0.717, 1.165) is 18.4 Å². The van der Waals surface area contributed by atoms with E-state index in [4.69, 9.17) is 4.42 Å². The molecule has 2 N–H and O–H groups in total. The zero-order chi connectivity index (χ0) is 15.7. The van der Waals surface area contributed by atoms with Crippen molar-refractivity contribution in [1.29, 1.82) is 0 Å². The van der Waals surface area contributed by atoms with Gasteiger partial charge in [-0.2, -0.15) is 0 Å². The average molecular weight is 314 g/mol. The minimum absolute atomic E-state index is 0.0862. The Morgan fingerprint density at radius 1 is 1.19 bits per heavy atom. The predicted octanol–water partition coefficient (Wildman–Crippen LogP) is 2.47. The lowest BCUT2D eigenvalue weighted by Crippen LogP contribution is -2.34. The first-order valence-corrected chi connectivity index (χ1v) is 9.00. The Morgan fingerprint density at radius 3 is 2.38 bits per heavy atom. The first kappa shape index (κ1) is 16.5. The van der Waals surface area contributed by atoms with Gasteiger partial charge in [0.15, 0.2) is 0 Å². The Labute approximate surface area is 127 Å². The fraction of sp³-hybridized carbons (Fsp3) is 0.733. The molecule has 1 aliphatic carbocycles. The van der Waals surface area contributed by atoms with Crippen molar-refractivity contribution in [3.8, 4) is 0 Å². The van der Waals surface area contributed by atoms with Gasteiger partial charge in [0.25, 0.3) is 0 Å². The van der Waals surface area contributed by atoms with E-state index in [0.29, 0.717) is 29.5 Å². The second kappa shape index (κ2) is 6.10. The SMILES string of the molecule is CNCc1c(C)oc(C)c1S(=O)(=O)NCC1(C)CCCC1. The molecular weight excluding hydrogens is 288 g/mol. The highest BCUT2D eigenvalue weighted by atomic mass is 32.2. The molecule has 2 rings (SSSR count). The van der Waals surface area contributed by atoms with Crippen molar-refractivity contribution >= 4 is 10.0 Å². The molecule has 0 spiro atoms. The molecule has 1 aliphatic rings. The van der Waals surface area contributed by atoms with Gasteiger partial charge in [0.1, 0.15) is 16.4 Å². The van der Waals surface area contributed by atoms with E-state index in [1.54, 1.807) is 20.9 Å².